The van der Waals surface area contributed by atoms with E-state index < -0.39 is 0 Å². The largest absolute Gasteiger partial charge is 0.370 e. The summed E-state index contributed by atoms with van der Waals surface area (Å²) in [5.74, 6) is 0. The number of nitrogens with one attached hydrogen (secondary N) is 1. The average molecular weight is 311 g/mol. The van der Waals surface area contributed by atoms with Gasteiger partial charge in [0.15, 0.2) is 0 Å². The third-order valence-corrected chi connectivity index (χ3v) is 4.11. The van der Waals surface area contributed by atoms with Crippen molar-refractivity contribution in [2.75, 3.05) is 24.5 Å². The molecule has 18 heavy (non-hydrogen) atoms. The van der Waals surface area contributed by atoms with E-state index in [-0.39, 0.29) is 0 Å². The number of halogens is 1. The summed E-state index contributed by atoms with van der Waals surface area (Å²) in [6, 6.07) is 9.16. The van der Waals surface area contributed by atoms with Crippen LogP contribution in [0.2, 0.25) is 0 Å². The van der Waals surface area contributed by atoms with Crippen LogP contribution in [0.15, 0.2) is 28.7 Å². The molecule has 1 aromatic carbocycles. The second-order valence-corrected chi connectivity index (χ2v) is 7.07. The molecule has 1 unspecified atom stereocenters. The second kappa shape index (κ2) is 5.62. The maximum absolute atomic E-state index is 3.68. The van der Waals surface area contributed by atoms with E-state index in [1.165, 1.54) is 12.1 Å². The van der Waals surface area contributed by atoms with E-state index in [4.69, 9.17) is 0 Å². The Morgan fingerprint density at radius 2 is 2.11 bits per heavy atom. The summed E-state index contributed by atoms with van der Waals surface area (Å²) < 4.78 is 1.16. The lowest BCUT2D eigenvalue weighted by molar-refractivity contribution is 0.280. The molecule has 0 aromatic heterocycles. The first-order valence-corrected chi connectivity index (χ1v) is 7.50. The van der Waals surface area contributed by atoms with Crippen molar-refractivity contribution in [3.05, 3.63) is 28.7 Å². The number of hydrogen-bond acceptors (Lipinski definition) is 2. The summed E-state index contributed by atoms with van der Waals surface area (Å²) in [6.45, 7) is 10.3. The van der Waals surface area contributed by atoms with Crippen LogP contribution in [-0.4, -0.2) is 25.7 Å². The minimum Gasteiger partial charge on any atom is -0.370 e. The molecule has 1 heterocycles. The molecule has 0 radical (unpaired) electrons. The fraction of sp³-hybridized carbons (Fsp3) is 0.600. The third kappa shape index (κ3) is 3.48. The highest BCUT2D eigenvalue weighted by Crippen LogP contribution is 2.26. The minimum absolute atomic E-state index is 0.300. The molecule has 3 heteroatoms. The highest BCUT2D eigenvalue weighted by atomic mass is 79.9. The van der Waals surface area contributed by atoms with Gasteiger partial charge in [-0.1, -0.05) is 42.8 Å². The zero-order valence-corrected chi connectivity index (χ0v) is 13.1. The van der Waals surface area contributed by atoms with E-state index in [9.17, 15) is 0 Å². The molecule has 1 atom stereocenters. The minimum atomic E-state index is 0.300. The molecule has 0 spiro atoms. The molecule has 0 saturated carbocycles. The van der Waals surface area contributed by atoms with E-state index in [1.54, 1.807) is 0 Å². The summed E-state index contributed by atoms with van der Waals surface area (Å²) in [6.07, 6.45) is 1.21. The van der Waals surface area contributed by atoms with E-state index >= 15 is 0 Å². The first-order valence-electron chi connectivity index (χ1n) is 6.71. The molecule has 2 rings (SSSR count). The molecular weight excluding hydrogens is 288 g/mol. The van der Waals surface area contributed by atoms with Crippen LogP contribution in [0.25, 0.3) is 0 Å². The van der Waals surface area contributed by atoms with Crippen LogP contribution in [0.5, 0.6) is 0 Å². The molecule has 1 aromatic rings. The van der Waals surface area contributed by atoms with Crippen LogP contribution in [0, 0.1) is 5.41 Å². The summed E-state index contributed by atoms with van der Waals surface area (Å²) >= 11 is 3.56. The van der Waals surface area contributed by atoms with Crippen molar-refractivity contribution in [3.63, 3.8) is 0 Å². The van der Waals surface area contributed by atoms with Gasteiger partial charge in [0.25, 0.3) is 0 Å². The number of rotatable bonds is 1. The normalized spacial score (nSPS) is 21.8. The van der Waals surface area contributed by atoms with Crippen molar-refractivity contribution >= 4 is 21.6 Å². The van der Waals surface area contributed by atoms with Gasteiger partial charge >= 0.3 is 0 Å². The van der Waals surface area contributed by atoms with Crippen LogP contribution in [0.4, 0.5) is 5.69 Å². The van der Waals surface area contributed by atoms with Gasteiger partial charge in [-0.25, -0.2) is 0 Å². The zero-order valence-electron chi connectivity index (χ0n) is 11.5. The van der Waals surface area contributed by atoms with Crippen molar-refractivity contribution < 1.29 is 0 Å². The highest BCUT2D eigenvalue weighted by molar-refractivity contribution is 9.10. The fourth-order valence-electron chi connectivity index (χ4n) is 2.41. The van der Waals surface area contributed by atoms with Crippen LogP contribution in [-0.2, 0) is 0 Å². The molecule has 2 nitrogen and oxygen atoms in total. The van der Waals surface area contributed by atoms with Crippen molar-refractivity contribution in [2.24, 2.45) is 5.41 Å². The lowest BCUT2D eigenvalue weighted by atomic mass is 9.86. The van der Waals surface area contributed by atoms with Crippen molar-refractivity contribution in [1.29, 1.82) is 0 Å². The summed E-state index contributed by atoms with van der Waals surface area (Å²) in [5, 5.41) is 3.68. The predicted octanol–water partition coefficient (Wildman–Crippen LogP) is 3.66. The Labute approximate surface area is 119 Å². The first-order chi connectivity index (χ1) is 8.47. The number of anilines is 1. The van der Waals surface area contributed by atoms with E-state index in [1.807, 2.05) is 0 Å². The van der Waals surface area contributed by atoms with E-state index in [2.05, 4.69) is 71.2 Å². The Morgan fingerprint density at radius 3 is 2.78 bits per heavy atom. The maximum Gasteiger partial charge on any atom is 0.0378 e. The van der Waals surface area contributed by atoms with Gasteiger partial charge in [0.05, 0.1) is 0 Å². The molecule has 0 amide bonds. The van der Waals surface area contributed by atoms with E-state index in [0.717, 1.165) is 24.1 Å². The van der Waals surface area contributed by atoms with Crippen molar-refractivity contribution in [1.82, 2.24) is 5.32 Å². The van der Waals surface area contributed by atoms with Crippen molar-refractivity contribution in [2.45, 2.75) is 33.2 Å². The van der Waals surface area contributed by atoms with Crippen molar-refractivity contribution in [3.8, 4) is 0 Å². The lowest BCUT2D eigenvalue weighted by Crippen LogP contribution is -2.46. The molecule has 0 bridgehead atoms. The van der Waals surface area contributed by atoms with Gasteiger partial charge < -0.3 is 10.2 Å². The molecule has 0 aliphatic carbocycles. The fourth-order valence-corrected chi connectivity index (χ4v) is 2.80. The summed E-state index contributed by atoms with van der Waals surface area (Å²) in [5.41, 5.74) is 1.62. The number of nitrogens with zero attached hydrogens (tertiary/aromatic N) is 1. The van der Waals surface area contributed by atoms with Gasteiger partial charge in [-0.15, -0.1) is 0 Å². The Morgan fingerprint density at radius 1 is 1.33 bits per heavy atom. The van der Waals surface area contributed by atoms with Crippen LogP contribution in [0.1, 0.15) is 27.2 Å². The van der Waals surface area contributed by atoms with Gasteiger partial charge in [-0.05, 0) is 36.6 Å². The van der Waals surface area contributed by atoms with Crippen LogP contribution >= 0.6 is 15.9 Å². The first kappa shape index (κ1) is 13.9. The topological polar surface area (TPSA) is 15.3 Å². The molecule has 1 aliphatic heterocycles. The quantitative estimate of drug-likeness (QED) is 0.851. The molecule has 1 saturated heterocycles. The maximum atomic E-state index is 3.68. The smallest absolute Gasteiger partial charge is 0.0378 e. The Hall–Kier alpha value is -0.540. The molecule has 1 aliphatic rings. The highest BCUT2D eigenvalue weighted by Gasteiger charge is 2.28. The average Bonchev–Trinajstić information content (AvgIpc) is 2.53. The number of hydrogen-bond donors (Lipinski definition) is 1. The predicted molar refractivity (Wildman–Crippen MR) is 82.2 cm³/mol. The van der Waals surface area contributed by atoms with Gasteiger partial charge in [0.2, 0.25) is 0 Å². The Balaban J connectivity index is 2.17. The van der Waals surface area contributed by atoms with Gasteiger partial charge in [-0.3, -0.25) is 0 Å². The van der Waals surface area contributed by atoms with Gasteiger partial charge in [0.1, 0.15) is 0 Å². The molecular formula is C15H23BrN2. The summed E-state index contributed by atoms with van der Waals surface area (Å²) in [7, 11) is 0. The van der Waals surface area contributed by atoms with Crippen LogP contribution < -0.4 is 10.2 Å². The van der Waals surface area contributed by atoms with E-state index in [0.29, 0.717) is 11.5 Å². The Bertz CT molecular complexity index is 398. The van der Waals surface area contributed by atoms with Gasteiger partial charge in [-0.2, -0.15) is 0 Å². The lowest BCUT2D eigenvalue weighted by Gasteiger charge is -2.34. The molecule has 100 valence electrons. The zero-order chi connectivity index (χ0) is 13.2. The third-order valence-electron chi connectivity index (χ3n) is 3.62. The van der Waals surface area contributed by atoms with Crippen LogP contribution in [0.3, 0.4) is 0 Å². The second-order valence-electron chi connectivity index (χ2n) is 6.15. The molecule has 1 N–H and O–H groups in total. The van der Waals surface area contributed by atoms with Gasteiger partial charge in [0, 0.05) is 29.3 Å². The standard InChI is InChI=1S/C15H23BrN2/c1-15(2,3)14-11-18(9-5-8-17-14)13-7-4-6-12(16)10-13/h4,6-7,10,14,17H,5,8-9,11H2,1-3H3. The summed E-state index contributed by atoms with van der Waals surface area (Å²) in [4.78, 5) is 2.50. The Kier molecular flexibility index (Phi) is 4.33. The SMILES string of the molecule is CC(C)(C)C1CN(c2cccc(Br)c2)CCCN1. The number of benzene rings is 1. The monoisotopic (exact) mass is 310 g/mol. The molecule has 1 fully saturated rings.